The number of allylic oxidation sites excluding steroid dienone is 1. The number of nitro groups is 1. The third-order valence-electron chi connectivity index (χ3n) is 7.25. The van der Waals surface area contributed by atoms with Crippen LogP contribution in [0, 0.1) is 10.1 Å². The van der Waals surface area contributed by atoms with Crippen molar-refractivity contribution >= 4 is 40.1 Å². The van der Waals surface area contributed by atoms with Gasteiger partial charge in [-0.3, -0.25) is 19.5 Å². The number of nitro benzene ring substituents is 1. The number of non-ortho nitro benzene ring substituents is 1. The zero-order valence-corrected chi connectivity index (χ0v) is 22.8. The number of nitrogens with zero attached hydrogens (tertiary/aromatic N) is 3. The lowest BCUT2D eigenvalue weighted by molar-refractivity contribution is -0.384. The SMILES string of the molecule is COc1cc([N+](=O)[O-])ccc1-c1ccc(/C=c2/sc3n(c2=O)[C@@H](c2cccs2)C2=C(N=3)c3ccccc3CC2)o1. The van der Waals surface area contributed by atoms with Crippen molar-refractivity contribution in [2.24, 2.45) is 4.99 Å². The van der Waals surface area contributed by atoms with Crippen LogP contribution in [-0.2, 0) is 6.42 Å². The molecule has 0 amide bonds. The Morgan fingerprint density at radius 3 is 2.77 bits per heavy atom. The summed E-state index contributed by atoms with van der Waals surface area (Å²) in [4.78, 5) is 31.4. The summed E-state index contributed by atoms with van der Waals surface area (Å²) in [7, 11) is 1.45. The van der Waals surface area contributed by atoms with Crippen molar-refractivity contribution in [3.8, 4) is 17.1 Å². The largest absolute Gasteiger partial charge is 0.496 e. The van der Waals surface area contributed by atoms with Gasteiger partial charge in [0, 0.05) is 22.6 Å². The zero-order valence-electron chi connectivity index (χ0n) is 21.2. The molecule has 0 saturated heterocycles. The Hall–Kier alpha value is -4.54. The fourth-order valence-corrected chi connectivity index (χ4v) is 7.25. The topological polar surface area (TPSA) is 99.9 Å². The molecule has 0 fully saturated rings. The number of thiazole rings is 1. The molecular formula is C30H21N3O5S2. The highest BCUT2D eigenvalue weighted by atomic mass is 32.1. The fraction of sp³-hybridized carbons (Fsp3) is 0.133. The van der Waals surface area contributed by atoms with Crippen LogP contribution in [0.15, 0.2) is 91.9 Å². The number of ether oxygens (including phenoxy) is 1. The Morgan fingerprint density at radius 2 is 1.98 bits per heavy atom. The van der Waals surface area contributed by atoms with Gasteiger partial charge < -0.3 is 9.15 Å². The van der Waals surface area contributed by atoms with Crippen LogP contribution in [0.1, 0.15) is 34.2 Å². The lowest BCUT2D eigenvalue weighted by Gasteiger charge is -2.30. The molecule has 3 aromatic heterocycles. The van der Waals surface area contributed by atoms with Crippen LogP contribution < -0.4 is 19.6 Å². The van der Waals surface area contributed by atoms with Gasteiger partial charge in [0.05, 0.1) is 39.9 Å². The Balaban J connectivity index is 1.35. The van der Waals surface area contributed by atoms with Gasteiger partial charge in [0.15, 0.2) is 4.80 Å². The Morgan fingerprint density at radius 1 is 1.10 bits per heavy atom. The second-order valence-electron chi connectivity index (χ2n) is 9.47. The molecule has 0 spiro atoms. The van der Waals surface area contributed by atoms with Crippen molar-refractivity contribution < 1.29 is 14.1 Å². The van der Waals surface area contributed by atoms with Crippen molar-refractivity contribution in [2.75, 3.05) is 7.11 Å². The molecule has 8 nitrogen and oxygen atoms in total. The van der Waals surface area contributed by atoms with E-state index in [9.17, 15) is 14.9 Å². The van der Waals surface area contributed by atoms with Crippen LogP contribution in [-0.4, -0.2) is 16.6 Å². The molecule has 0 unspecified atom stereocenters. The molecule has 10 heteroatoms. The molecule has 0 N–H and O–H groups in total. The van der Waals surface area contributed by atoms with Gasteiger partial charge in [-0.15, -0.1) is 11.3 Å². The highest BCUT2D eigenvalue weighted by Gasteiger charge is 2.33. The smallest absolute Gasteiger partial charge is 0.273 e. The molecule has 5 aromatic rings. The maximum absolute atomic E-state index is 13.9. The minimum absolute atomic E-state index is 0.0703. The summed E-state index contributed by atoms with van der Waals surface area (Å²) in [5.41, 5.74) is 4.95. The Labute approximate surface area is 235 Å². The monoisotopic (exact) mass is 567 g/mol. The van der Waals surface area contributed by atoms with Crippen LogP contribution in [0.3, 0.4) is 0 Å². The number of rotatable bonds is 5. The number of benzene rings is 2. The fourth-order valence-electron chi connectivity index (χ4n) is 5.42. The summed E-state index contributed by atoms with van der Waals surface area (Å²) in [6, 6.07) is 20.2. The minimum Gasteiger partial charge on any atom is -0.496 e. The average molecular weight is 568 g/mol. The van der Waals surface area contributed by atoms with Gasteiger partial charge in [-0.2, -0.15) is 0 Å². The number of hydrogen-bond donors (Lipinski definition) is 0. The standard InChI is InChI=1S/C30H21N3O5S2/c1-37-24-15-18(33(35)36)9-12-21(24)23-13-10-19(38-23)16-26-29(34)32-28(25-7-4-14-39-25)22-11-8-17-5-2-3-6-20(17)27(22)31-30(32)40-26/h2-7,9-10,12-16,28H,8,11H2,1H3/b26-16+/t28-/m1/s1. The molecule has 1 aliphatic carbocycles. The number of hydrogen-bond acceptors (Lipinski definition) is 8. The molecule has 1 aliphatic heterocycles. The number of furan rings is 1. The molecule has 0 radical (unpaired) electrons. The van der Waals surface area contributed by atoms with Crippen LogP contribution in [0.4, 0.5) is 5.69 Å². The van der Waals surface area contributed by atoms with Crippen molar-refractivity contribution in [3.63, 3.8) is 0 Å². The van der Waals surface area contributed by atoms with E-state index in [4.69, 9.17) is 14.1 Å². The van der Waals surface area contributed by atoms with E-state index in [2.05, 4.69) is 24.3 Å². The van der Waals surface area contributed by atoms with Crippen molar-refractivity contribution in [1.82, 2.24) is 4.57 Å². The van der Waals surface area contributed by atoms with E-state index in [0.717, 1.165) is 29.0 Å². The van der Waals surface area contributed by atoms with E-state index in [-0.39, 0.29) is 17.3 Å². The number of methoxy groups -OCH3 is 1. The maximum Gasteiger partial charge on any atom is 0.273 e. The number of aromatic nitrogens is 1. The number of fused-ring (bicyclic) bond motifs is 3. The average Bonchev–Trinajstić information content (AvgIpc) is 3.73. The van der Waals surface area contributed by atoms with E-state index in [0.29, 0.717) is 32.2 Å². The Bertz CT molecular complexity index is 2010. The van der Waals surface area contributed by atoms with E-state index in [1.165, 1.54) is 41.7 Å². The first-order valence-corrected chi connectivity index (χ1v) is 14.3. The maximum atomic E-state index is 13.9. The van der Waals surface area contributed by atoms with Crippen LogP contribution in [0.2, 0.25) is 0 Å². The predicted molar refractivity (Wildman–Crippen MR) is 154 cm³/mol. The lowest BCUT2D eigenvalue weighted by Crippen LogP contribution is -2.38. The lowest BCUT2D eigenvalue weighted by atomic mass is 9.85. The first-order chi connectivity index (χ1) is 19.5. The molecular weight excluding hydrogens is 546 g/mol. The van der Waals surface area contributed by atoms with E-state index >= 15 is 0 Å². The number of thiophene rings is 1. The van der Waals surface area contributed by atoms with E-state index in [1.807, 2.05) is 22.1 Å². The van der Waals surface area contributed by atoms with Gasteiger partial charge in [0.1, 0.15) is 17.3 Å². The molecule has 2 aromatic carbocycles. The molecule has 4 heterocycles. The normalized spacial score (nSPS) is 16.2. The van der Waals surface area contributed by atoms with Crippen molar-refractivity contribution in [1.29, 1.82) is 0 Å². The molecule has 7 rings (SSSR count). The second-order valence-corrected chi connectivity index (χ2v) is 11.5. The molecule has 0 bridgehead atoms. The van der Waals surface area contributed by atoms with Crippen LogP contribution in [0.25, 0.3) is 23.1 Å². The second kappa shape index (κ2) is 9.58. The highest BCUT2D eigenvalue weighted by Crippen LogP contribution is 2.42. The third kappa shape index (κ3) is 3.95. The van der Waals surface area contributed by atoms with Crippen LogP contribution in [0.5, 0.6) is 5.75 Å². The van der Waals surface area contributed by atoms with Crippen LogP contribution >= 0.6 is 22.7 Å². The van der Waals surface area contributed by atoms with Crippen molar-refractivity contribution in [2.45, 2.75) is 18.9 Å². The molecule has 198 valence electrons. The number of aryl methyl sites for hydroxylation is 1. The minimum atomic E-state index is -0.473. The van der Waals surface area contributed by atoms with Gasteiger partial charge in [-0.1, -0.05) is 41.7 Å². The molecule has 1 atom stereocenters. The first-order valence-electron chi connectivity index (χ1n) is 12.6. The van der Waals surface area contributed by atoms with Gasteiger partial charge in [0.25, 0.3) is 11.2 Å². The summed E-state index contributed by atoms with van der Waals surface area (Å²) in [5.74, 6) is 1.30. The van der Waals surface area contributed by atoms with Gasteiger partial charge in [0.2, 0.25) is 0 Å². The molecule has 2 aliphatic rings. The quantitative estimate of drug-likeness (QED) is 0.205. The summed E-state index contributed by atoms with van der Waals surface area (Å²) in [6.45, 7) is 0. The molecule has 0 saturated carbocycles. The summed E-state index contributed by atoms with van der Waals surface area (Å²) in [6.07, 6.45) is 3.49. The predicted octanol–water partition coefficient (Wildman–Crippen LogP) is 5.56. The first kappa shape index (κ1) is 24.5. The van der Waals surface area contributed by atoms with Gasteiger partial charge in [-0.05, 0) is 53.6 Å². The molecule has 40 heavy (non-hydrogen) atoms. The highest BCUT2D eigenvalue weighted by molar-refractivity contribution is 7.10. The third-order valence-corrected chi connectivity index (χ3v) is 9.15. The van der Waals surface area contributed by atoms with E-state index < -0.39 is 4.92 Å². The van der Waals surface area contributed by atoms with E-state index in [1.54, 1.807) is 35.6 Å². The Kier molecular flexibility index (Phi) is 5.87. The summed E-state index contributed by atoms with van der Waals surface area (Å²) in [5, 5.41) is 13.2. The van der Waals surface area contributed by atoms with Gasteiger partial charge >= 0.3 is 0 Å². The summed E-state index contributed by atoms with van der Waals surface area (Å²) >= 11 is 2.99. The zero-order chi connectivity index (χ0) is 27.4. The van der Waals surface area contributed by atoms with Gasteiger partial charge in [-0.25, -0.2) is 4.99 Å². The van der Waals surface area contributed by atoms with Crippen molar-refractivity contribution in [3.05, 3.63) is 129 Å². The summed E-state index contributed by atoms with van der Waals surface area (Å²) < 4.78 is 13.8.